The van der Waals surface area contributed by atoms with E-state index in [0.717, 1.165) is 91.6 Å². The molecule has 9 rings (SSSR count). The third-order valence-corrected chi connectivity index (χ3v) is 9.42. The Bertz CT molecular complexity index is 2410. The Balaban J connectivity index is 1.11. The number of anilines is 2. The van der Waals surface area contributed by atoms with Gasteiger partial charge in [0.1, 0.15) is 0 Å². The molecule has 0 aliphatic carbocycles. The molecule has 7 aromatic rings. The van der Waals surface area contributed by atoms with E-state index in [4.69, 9.17) is 9.97 Å². The van der Waals surface area contributed by atoms with Gasteiger partial charge in [0.25, 0.3) is 0 Å². The molecule has 5 heterocycles. The monoisotopic (exact) mass is 672 g/mol. The third kappa shape index (κ3) is 6.65. The van der Waals surface area contributed by atoms with Gasteiger partial charge in [-0.05, 0) is 107 Å². The first-order valence-corrected chi connectivity index (χ1v) is 17.6. The van der Waals surface area contributed by atoms with E-state index in [9.17, 15) is 0 Å². The number of fused-ring (bicyclic) bond motifs is 8. The molecule has 0 fully saturated rings. The summed E-state index contributed by atoms with van der Waals surface area (Å²) in [6.45, 7) is 1.54. The number of nitrogens with zero attached hydrogens (tertiary/aromatic N) is 2. The van der Waals surface area contributed by atoms with Gasteiger partial charge in [-0.1, -0.05) is 84.9 Å². The summed E-state index contributed by atoms with van der Waals surface area (Å²) < 4.78 is 0. The Hall–Kier alpha value is -6.92. The lowest BCUT2D eigenvalue weighted by Gasteiger charge is -2.09. The van der Waals surface area contributed by atoms with Crippen molar-refractivity contribution in [1.29, 1.82) is 0 Å². The lowest BCUT2D eigenvalue weighted by molar-refractivity contribution is 1.15. The highest BCUT2D eigenvalue weighted by Crippen LogP contribution is 2.33. The molecule has 52 heavy (non-hydrogen) atoms. The molecule has 0 radical (unpaired) electrons. The minimum atomic E-state index is 0.770. The van der Waals surface area contributed by atoms with E-state index in [1.807, 2.05) is 12.1 Å². The summed E-state index contributed by atoms with van der Waals surface area (Å²) in [6.07, 6.45) is 8.36. The number of aromatic amines is 2. The van der Waals surface area contributed by atoms with E-state index >= 15 is 0 Å². The average Bonchev–Trinajstić information content (AvgIpc) is 4.03. The summed E-state index contributed by atoms with van der Waals surface area (Å²) in [6, 6.07) is 50.7. The van der Waals surface area contributed by atoms with E-state index < -0.39 is 0 Å². The molecule has 8 bridgehead atoms. The fourth-order valence-corrected chi connectivity index (χ4v) is 6.79. The van der Waals surface area contributed by atoms with Crippen LogP contribution >= 0.6 is 0 Å². The largest absolute Gasteiger partial charge is 0.381 e. The Morgan fingerprint density at radius 3 is 1.27 bits per heavy atom. The minimum absolute atomic E-state index is 0.770. The number of benzene rings is 4. The predicted molar refractivity (Wildman–Crippen MR) is 217 cm³/mol. The smallest absolute Gasteiger partial charge is 0.0736 e. The van der Waals surface area contributed by atoms with Crippen LogP contribution in [0.4, 0.5) is 11.4 Å². The fraction of sp³-hybridized carbons (Fsp3) is 0.0435. The van der Waals surface area contributed by atoms with Crippen LogP contribution in [0.25, 0.3) is 68.6 Å². The first kappa shape index (κ1) is 31.1. The normalized spacial score (nSPS) is 11.8. The van der Waals surface area contributed by atoms with Gasteiger partial charge in [-0.15, -0.1) is 0 Å². The molecule has 0 unspecified atom stereocenters. The minimum Gasteiger partial charge on any atom is -0.381 e. The van der Waals surface area contributed by atoms with Crippen molar-refractivity contribution in [2.24, 2.45) is 0 Å². The highest BCUT2D eigenvalue weighted by Gasteiger charge is 2.14. The van der Waals surface area contributed by atoms with Gasteiger partial charge < -0.3 is 20.6 Å². The van der Waals surface area contributed by atoms with Crippen LogP contribution in [0.1, 0.15) is 33.9 Å². The van der Waals surface area contributed by atoms with Gasteiger partial charge in [0.2, 0.25) is 0 Å². The molecule has 4 N–H and O–H groups in total. The molecule has 6 nitrogen and oxygen atoms in total. The molecule has 0 spiro atoms. The topological polar surface area (TPSA) is 81.4 Å². The SMILES string of the molecule is C1=Cc2nc1cc1ccc([nH]1)c(-c1ccc(NCc3ccccc3)cc1)c1nc(cc3ccc([nH]3)c2-c2ccc(NCc3ccccc3)cc2)C=C1. The van der Waals surface area contributed by atoms with Crippen LogP contribution in [0.15, 0.2) is 146 Å². The highest BCUT2D eigenvalue weighted by molar-refractivity contribution is 5.93. The number of aromatic nitrogens is 4. The van der Waals surface area contributed by atoms with E-state index in [0.29, 0.717) is 0 Å². The maximum absolute atomic E-state index is 5.12. The van der Waals surface area contributed by atoms with Crippen LogP contribution in [0.5, 0.6) is 0 Å². The second-order valence-electron chi connectivity index (χ2n) is 13.0. The molecular weight excluding hydrogens is 637 g/mol. The van der Waals surface area contributed by atoms with Gasteiger partial charge >= 0.3 is 0 Å². The Labute approximate surface area is 302 Å². The summed E-state index contributed by atoms with van der Waals surface area (Å²) in [5, 5.41) is 7.08. The molecule has 0 atom stereocenters. The van der Waals surface area contributed by atoms with Crippen molar-refractivity contribution in [2.45, 2.75) is 13.1 Å². The second kappa shape index (κ2) is 13.8. The standard InChI is InChI=1S/C46H36N6/c1-3-7-31(8-4-1)29-47-35-15-11-33(12-16-35)45-41-23-19-37(49-41)27-39-21-25-43(51-39)46(44-26-22-40(52-44)28-38-20-24-42(45)50-38)34-13-17-36(18-14-34)48-30-32-9-5-2-6-10-32/h1-28,47-49,52H,29-30H2. The van der Waals surface area contributed by atoms with E-state index in [1.165, 1.54) is 11.1 Å². The van der Waals surface area contributed by atoms with Crippen molar-refractivity contribution in [3.63, 3.8) is 0 Å². The van der Waals surface area contributed by atoms with Crippen molar-refractivity contribution >= 4 is 57.7 Å². The predicted octanol–water partition coefficient (Wildman–Crippen LogP) is 11.2. The molecule has 250 valence electrons. The van der Waals surface area contributed by atoms with Crippen molar-refractivity contribution in [3.05, 3.63) is 179 Å². The highest BCUT2D eigenvalue weighted by atomic mass is 14.9. The molecule has 0 amide bonds. The van der Waals surface area contributed by atoms with Gasteiger partial charge in [0, 0.05) is 57.7 Å². The Kier molecular flexibility index (Phi) is 8.23. The van der Waals surface area contributed by atoms with Crippen LogP contribution in [-0.4, -0.2) is 19.9 Å². The van der Waals surface area contributed by atoms with Crippen LogP contribution in [0, 0.1) is 0 Å². The lowest BCUT2D eigenvalue weighted by atomic mass is 10.0. The third-order valence-electron chi connectivity index (χ3n) is 9.42. The number of nitrogens with one attached hydrogen (secondary N) is 4. The zero-order chi connectivity index (χ0) is 34.7. The number of rotatable bonds is 8. The second-order valence-corrected chi connectivity index (χ2v) is 13.0. The Morgan fingerprint density at radius 1 is 0.423 bits per heavy atom. The van der Waals surface area contributed by atoms with Gasteiger partial charge in [-0.2, -0.15) is 0 Å². The van der Waals surface area contributed by atoms with Crippen molar-refractivity contribution in [1.82, 2.24) is 19.9 Å². The summed E-state index contributed by atoms with van der Waals surface area (Å²) in [7, 11) is 0. The maximum Gasteiger partial charge on any atom is 0.0736 e. The number of hydrogen-bond donors (Lipinski definition) is 4. The number of hydrogen-bond acceptors (Lipinski definition) is 4. The maximum atomic E-state index is 5.12. The fourth-order valence-electron chi connectivity index (χ4n) is 6.79. The summed E-state index contributed by atoms with van der Waals surface area (Å²) in [5.41, 5.74) is 16.4. The zero-order valence-corrected chi connectivity index (χ0v) is 28.5. The average molecular weight is 673 g/mol. The molecule has 2 aliphatic rings. The van der Waals surface area contributed by atoms with E-state index in [2.05, 4.69) is 178 Å². The van der Waals surface area contributed by atoms with Gasteiger partial charge in [-0.25, -0.2) is 9.97 Å². The van der Waals surface area contributed by atoms with Gasteiger partial charge in [0.15, 0.2) is 0 Å². The van der Waals surface area contributed by atoms with Crippen LogP contribution in [0.3, 0.4) is 0 Å². The van der Waals surface area contributed by atoms with Crippen molar-refractivity contribution < 1.29 is 0 Å². The van der Waals surface area contributed by atoms with E-state index in [-0.39, 0.29) is 0 Å². The lowest BCUT2D eigenvalue weighted by Crippen LogP contribution is -1.98. The molecule has 4 aromatic carbocycles. The summed E-state index contributed by atoms with van der Waals surface area (Å²) in [5.74, 6) is 0. The van der Waals surface area contributed by atoms with Crippen LogP contribution < -0.4 is 10.6 Å². The summed E-state index contributed by atoms with van der Waals surface area (Å²) >= 11 is 0. The van der Waals surface area contributed by atoms with Crippen molar-refractivity contribution in [3.8, 4) is 22.3 Å². The first-order valence-electron chi connectivity index (χ1n) is 17.6. The molecule has 3 aromatic heterocycles. The molecule has 2 aliphatic heterocycles. The molecule has 0 saturated heterocycles. The van der Waals surface area contributed by atoms with E-state index in [1.54, 1.807) is 0 Å². The molecular formula is C46H36N6. The summed E-state index contributed by atoms with van der Waals surface area (Å²) in [4.78, 5) is 17.5. The molecule has 6 heteroatoms. The number of H-pyrrole nitrogens is 2. The van der Waals surface area contributed by atoms with Crippen LogP contribution in [0.2, 0.25) is 0 Å². The van der Waals surface area contributed by atoms with Gasteiger partial charge in [-0.3, -0.25) is 0 Å². The van der Waals surface area contributed by atoms with Crippen LogP contribution in [-0.2, 0) is 13.1 Å². The molecule has 0 saturated carbocycles. The van der Waals surface area contributed by atoms with Crippen molar-refractivity contribution in [2.75, 3.05) is 10.6 Å². The first-order chi connectivity index (χ1) is 25.7. The quantitative estimate of drug-likeness (QED) is 0.129. The Morgan fingerprint density at radius 2 is 0.846 bits per heavy atom. The van der Waals surface area contributed by atoms with Gasteiger partial charge in [0.05, 0.1) is 22.8 Å². The zero-order valence-electron chi connectivity index (χ0n) is 28.5.